The molecule has 0 spiro atoms. The van der Waals surface area contributed by atoms with Gasteiger partial charge in [0.2, 0.25) is 0 Å². The minimum Gasteiger partial charge on any atom is -0.456 e. The van der Waals surface area contributed by atoms with Crippen LogP contribution >= 0.6 is 11.3 Å². The maximum absolute atomic E-state index is 6.29. The summed E-state index contributed by atoms with van der Waals surface area (Å²) in [5.41, 5.74) is 9.63. The van der Waals surface area contributed by atoms with E-state index in [2.05, 4.69) is 115 Å². The Morgan fingerprint density at radius 2 is 1.00 bits per heavy atom. The van der Waals surface area contributed by atoms with E-state index in [1.54, 1.807) is 0 Å². The van der Waals surface area contributed by atoms with Crippen molar-refractivity contribution in [2.24, 2.45) is 0 Å². The van der Waals surface area contributed by atoms with E-state index in [0.717, 1.165) is 46.1 Å². The number of benzene rings is 7. The van der Waals surface area contributed by atoms with Gasteiger partial charge in [0.15, 0.2) is 17.5 Å². The van der Waals surface area contributed by atoms with Gasteiger partial charge in [0.05, 0.1) is 0 Å². The fraction of sp³-hybridized carbons (Fsp3) is 0.0426. The van der Waals surface area contributed by atoms with Crippen LogP contribution in [0.3, 0.4) is 0 Å². The molecule has 10 aromatic rings. The van der Waals surface area contributed by atoms with Gasteiger partial charge in [-0.05, 0) is 53.3 Å². The number of aryl methyl sites for hydroxylation is 1. The van der Waals surface area contributed by atoms with Crippen molar-refractivity contribution < 1.29 is 4.42 Å². The van der Waals surface area contributed by atoms with Gasteiger partial charge in [-0.25, -0.2) is 15.0 Å². The minimum atomic E-state index is 0.655. The number of aromatic nitrogens is 3. The molecule has 3 aromatic heterocycles. The second kappa shape index (κ2) is 12.7. The second-order valence-corrected chi connectivity index (χ2v) is 14.1. The van der Waals surface area contributed by atoms with Crippen LogP contribution in [0.15, 0.2) is 168 Å². The monoisotopic (exact) mass is 685 g/mol. The van der Waals surface area contributed by atoms with E-state index in [1.165, 1.54) is 47.8 Å². The fourth-order valence-corrected chi connectivity index (χ4v) is 8.75. The quantitative estimate of drug-likeness (QED) is 0.168. The molecule has 5 heteroatoms. The number of para-hydroxylation sites is 1. The molecule has 0 aliphatic carbocycles. The molecular weight excluding hydrogens is 655 g/mol. The third kappa shape index (κ3) is 5.26. The van der Waals surface area contributed by atoms with Crippen LogP contribution in [0.4, 0.5) is 0 Å². The van der Waals surface area contributed by atoms with Crippen molar-refractivity contribution in [3.05, 3.63) is 175 Å². The summed E-state index contributed by atoms with van der Waals surface area (Å²) in [6, 6.07) is 57.1. The lowest BCUT2D eigenvalue weighted by molar-refractivity contribution is 0.668. The van der Waals surface area contributed by atoms with Crippen LogP contribution in [0.5, 0.6) is 0 Å². The Morgan fingerprint density at radius 1 is 0.423 bits per heavy atom. The normalized spacial score (nSPS) is 11.6. The van der Waals surface area contributed by atoms with Crippen molar-refractivity contribution in [2.45, 2.75) is 12.8 Å². The first kappa shape index (κ1) is 30.4. The van der Waals surface area contributed by atoms with Crippen LogP contribution in [-0.2, 0) is 12.8 Å². The Kier molecular flexibility index (Phi) is 7.43. The van der Waals surface area contributed by atoms with Crippen LogP contribution in [0, 0.1) is 0 Å². The highest BCUT2D eigenvalue weighted by Gasteiger charge is 2.21. The molecule has 3 heterocycles. The summed E-state index contributed by atoms with van der Waals surface area (Å²) >= 11 is 1.86. The van der Waals surface area contributed by atoms with Crippen LogP contribution in [-0.4, -0.2) is 15.0 Å². The number of rotatable bonds is 7. The summed E-state index contributed by atoms with van der Waals surface area (Å²) in [5.74, 6) is 1.98. The topological polar surface area (TPSA) is 51.8 Å². The summed E-state index contributed by atoms with van der Waals surface area (Å²) < 4.78 is 8.87. The van der Waals surface area contributed by atoms with Crippen LogP contribution < -0.4 is 0 Å². The molecule has 0 N–H and O–H groups in total. The first-order valence-electron chi connectivity index (χ1n) is 17.6. The molecule has 0 fully saturated rings. The first-order valence-corrected chi connectivity index (χ1v) is 18.4. The van der Waals surface area contributed by atoms with Gasteiger partial charge in [-0.3, -0.25) is 0 Å². The van der Waals surface area contributed by atoms with Gasteiger partial charge in [0, 0.05) is 47.6 Å². The average Bonchev–Trinajstić information content (AvgIpc) is 3.79. The van der Waals surface area contributed by atoms with Gasteiger partial charge in [0.1, 0.15) is 11.2 Å². The number of hydrogen-bond acceptors (Lipinski definition) is 5. The number of thiophene rings is 1. The maximum atomic E-state index is 6.29. The lowest BCUT2D eigenvalue weighted by atomic mass is 9.89. The summed E-state index contributed by atoms with van der Waals surface area (Å²) in [4.78, 5) is 15.4. The van der Waals surface area contributed by atoms with Gasteiger partial charge in [-0.2, -0.15) is 0 Å². The largest absolute Gasteiger partial charge is 0.456 e. The summed E-state index contributed by atoms with van der Waals surface area (Å²) in [5, 5.41) is 4.90. The van der Waals surface area contributed by atoms with E-state index in [-0.39, 0.29) is 0 Å². The Hall–Kier alpha value is -6.43. The van der Waals surface area contributed by atoms with Crippen molar-refractivity contribution >= 4 is 53.4 Å². The molecule has 4 nitrogen and oxygen atoms in total. The van der Waals surface area contributed by atoms with Gasteiger partial charge >= 0.3 is 0 Å². The molecule has 0 aliphatic heterocycles. The smallest absolute Gasteiger partial charge is 0.164 e. The van der Waals surface area contributed by atoms with Crippen LogP contribution in [0.2, 0.25) is 0 Å². The zero-order valence-corrected chi connectivity index (χ0v) is 29.0. The van der Waals surface area contributed by atoms with Crippen molar-refractivity contribution in [1.29, 1.82) is 0 Å². The van der Waals surface area contributed by atoms with Gasteiger partial charge in [-0.1, -0.05) is 146 Å². The van der Waals surface area contributed by atoms with Crippen molar-refractivity contribution in [1.82, 2.24) is 15.0 Å². The zero-order chi connectivity index (χ0) is 34.4. The molecule has 0 radical (unpaired) electrons. The van der Waals surface area contributed by atoms with E-state index < -0.39 is 0 Å². The highest BCUT2D eigenvalue weighted by atomic mass is 32.1. The molecule has 0 aliphatic rings. The highest BCUT2D eigenvalue weighted by Crippen LogP contribution is 2.43. The van der Waals surface area contributed by atoms with Crippen molar-refractivity contribution in [3.8, 4) is 45.3 Å². The molecule has 0 atom stereocenters. The number of hydrogen-bond donors (Lipinski definition) is 0. The summed E-state index contributed by atoms with van der Waals surface area (Å²) in [7, 11) is 0. The first-order chi connectivity index (χ1) is 25.8. The maximum Gasteiger partial charge on any atom is 0.164 e. The standard InChI is InChI=1S/C47H31N3OS/c1-3-14-31(15-4-1)45-48-46(32-16-5-2-6-17-32)50-47(49-45)38-24-12-21-33(36-22-13-23-37-35-19-8-10-27-42(35)52-44(36)37)34(38)29-28-30-18-11-26-41-43(30)39-20-7-9-25-40(39)51-41/h1-27H,28-29H2. The van der Waals surface area contributed by atoms with Crippen LogP contribution in [0.1, 0.15) is 11.1 Å². The summed E-state index contributed by atoms with van der Waals surface area (Å²) in [6.07, 6.45) is 1.59. The fourth-order valence-electron chi connectivity index (χ4n) is 7.52. The molecule has 0 saturated heterocycles. The highest BCUT2D eigenvalue weighted by molar-refractivity contribution is 7.26. The van der Waals surface area contributed by atoms with E-state index in [4.69, 9.17) is 19.4 Å². The minimum absolute atomic E-state index is 0.655. The lowest BCUT2D eigenvalue weighted by Gasteiger charge is -2.17. The molecule has 0 bridgehead atoms. The molecule has 0 saturated carbocycles. The SMILES string of the molecule is c1ccc(-c2nc(-c3ccccc3)nc(-c3cccc(-c4cccc5c4sc4ccccc45)c3CCc3cccc4oc5ccccc5c34)n2)cc1. The Morgan fingerprint density at radius 3 is 1.79 bits per heavy atom. The molecule has 10 rings (SSSR count). The summed E-state index contributed by atoms with van der Waals surface area (Å²) in [6.45, 7) is 0. The van der Waals surface area contributed by atoms with E-state index >= 15 is 0 Å². The molecule has 7 aromatic carbocycles. The zero-order valence-electron chi connectivity index (χ0n) is 28.2. The number of furan rings is 1. The van der Waals surface area contributed by atoms with Crippen molar-refractivity contribution in [3.63, 3.8) is 0 Å². The predicted octanol–water partition coefficient (Wildman–Crippen LogP) is 12.6. The Labute approximate surface area is 304 Å². The van der Waals surface area contributed by atoms with Gasteiger partial charge < -0.3 is 4.42 Å². The number of nitrogens with zero attached hydrogens (tertiary/aromatic N) is 3. The Bertz CT molecular complexity index is 2850. The Balaban J connectivity index is 1.20. The van der Waals surface area contributed by atoms with Crippen molar-refractivity contribution in [2.75, 3.05) is 0 Å². The predicted molar refractivity (Wildman–Crippen MR) is 216 cm³/mol. The second-order valence-electron chi connectivity index (χ2n) is 13.0. The molecule has 246 valence electrons. The third-order valence-corrected chi connectivity index (χ3v) is 11.2. The van der Waals surface area contributed by atoms with E-state index in [1.807, 2.05) is 59.9 Å². The van der Waals surface area contributed by atoms with Gasteiger partial charge in [-0.15, -0.1) is 11.3 Å². The van der Waals surface area contributed by atoms with E-state index in [0.29, 0.717) is 17.5 Å². The average molecular weight is 686 g/mol. The van der Waals surface area contributed by atoms with Crippen LogP contribution in [0.25, 0.3) is 87.4 Å². The molecule has 0 unspecified atom stereocenters. The van der Waals surface area contributed by atoms with E-state index in [9.17, 15) is 0 Å². The third-order valence-electron chi connectivity index (χ3n) is 9.94. The van der Waals surface area contributed by atoms with Gasteiger partial charge in [0.25, 0.3) is 0 Å². The molecule has 0 amide bonds. The lowest BCUT2D eigenvalue weighted by Crippen LogP contribution is -2.04. The number of fused-ring (bicyclic) bond motifs is 6. The molecule has 52 heavy (non-hydrogen) atoms. The molecular formula is C47H31N3OS.